The van der Waals surface area contributed by atoms with Crippen LogP contribution >= 0.6 is 0 Å². The van der Waals surface area contributed by atoms with Crippen LogP contribution in [0.1, 0.15) is 16.9 Å². The molecule has 27 heavy (non-hydrogen) atoms. The summed E-state index contributed by atoms with van der Waals surface area (Å²) in [6, 6.07) is 17.0. The maximum Gasteiger partial charge on any atom is 0.321 e. The molecule has 0 bridgehead atoms. The van der Waals surface area contributed by atoms with Gasteiger partial charge in [0.15, 0.2) is 0 Å². The van der Waals surface area contributed by atoms with Gasteiger partial charge in [-0.1, -0.05) is 24.3 Å². The van der Waals surface area contributed by atoms with Gasteiger partial charge in [-0.15, -0.1) is 0 Å². The fourth-order valence-electron chi connectivity index (χ4n) is 2.60. The predicted octanol–water partition coefficient (Wildman–Crippen LogP) is 4.80. The van der Waals surface area contributed by atoms with Gasteiger partial charge in [-0.2, -0.15) is 0 Å². The van der Waals surface area contributed by atoms with Crippen molar-refractivity contribution in [1.82, 2.24) is 4.90 Å². The summed E-state index contributed by atoms with van der Waals surface area (Å²) in [5.74, 6) is 0.446. The van der Waals surface area contributed by atoms with Crippen molar-refractivity contribution in [1.29, 1.82) is 0 Å². The molecule has 1 N–H and O–H groups in total. The number of furan rings is 1. The standard InChI is InChI=1S/C21H21FN2O3/c1-24(13-16-5-2-7-18(22)11-16)21(25)23-19-8-3-6-17(12-19)14-26-15-20-9-4-10-27-20/h2-12H,13-15H2,1H3,(H,23,25). The average molecular weight is 368 g/mol. The predicted molar refractivity (Wildman–Crippen MR) is 101 cm³/mol. The molecule has 0 aliphatic rings. The van der Waals surface area contributed by atoms with Crippen LogP contribution in [0.5, 0.6) is 0 Å². The van der Waals surface area contributed by atoms with E-state index >= 15 is 0 Å². The largest absolute Gasteiger partial charge is 0.467 e. The van der Waals surface area contributed by atoms with Crippen molar-refractivity contribution in [2.24, 2.45) is 0 Å². The number of anilines is 1. The average Bonchev–Trinajstić information content (AvgIpc) is 3.15. The number of hydrogen-bond donors (Lipinski definition) is 1. The number of rotatable bonds is 7. The first-order valence-electron chi connectivity index (χ1n) is 8.56. The summed E-state index contributed by atoms with van der Waals surface area (Å²) >= 11 is 0. The molecule has 2 aromatic carbocycles. The molecule has 0 saturated heterocycles. The van der Waals surface area contributed by atoms with Crippen molar-refractivity contribution in [2.45, 2.75) is 19.8 Å². The van der Waals surface area contributed by atoms with Crippen molar-refractivity contribution in [3.63, 3.8) is 0 Å². The van der Waals surface area contributed by atoms with Gasteiger partial charge in [-0.25, -0.2) is 9.18 Å². The van der Waals surface area contributed by atoms with Gasteiger partial charge >= 0.3 is 6.03 Å². The van der Waals surface area contributed by atoms with Gasteiger partial charge in [-0.3, -0.25) is 0 Å². The molecular formula is C21H21FN2O3. The van der Waals surface area contributed by atoms with Crippen LogP contribution in [0, 0.1) is 5.82 Å². The Morgan fingerprint density at radius 3 is 2.67 bits per heavy atom. The lowest BCUT2D eigenvalue weighted by Gasteiger charge is -2.18. The van der Waals surface area contributed by atoms with Crippen LogP contribution in [0.3, 0.4) is 0 Å². The van der Waals surface area contributed by atoms with Gasteiger partial charge in [-0.05, 0) is 47.5 Å². The fourth-order valence-corrected chi connectivity index (χ4v) is 2.60. The molecule has 0 atom stereocenters. The van der Waals surface area contributed by atoms with Crippen LogP contribution in [-0.2, 0) is 24.5 Å². The van der Waals surface area contributed by atoms with Crippen LogP contribution in [0.15, 0.2) is 71.3 Å². The molecule has 0 unspecified atom stereocenters. The molecule has 0 aliphatic heterocycles. The monoisotopic (exact) mass is 368 g/mol. The number of benzene rings is 2. The van der Waals surface area contributed by atoms with Gasteiger partial charge in [0.1, 0.15) is 18.2 Å². The summed E-state index contributed by atoms with van der Waals surface area (Å²) in [6.45, 7) is 1.11. The Hall–Kier alpha value is -3.12. The van der Waals surface area contributed by atoms with E-state index in [1.807, 2.05) is 36.4 Å². The molecule has 1 aromatic heterocycles. The Morgan fingerprint density at radius 2 is 1.89 bits per heavy atom. The molecule has 0 fully saturated rings. The zero-order chi connectivity index (χ0) is 19.1. The summed E-state index contributed by atoms with van der Waals surface area (Å²) in [5.41, 5.74) is 2.34. The van der Waals surface area contributed by atoms with Crippen LogP contribution in [0.4, 0.5) is 14.9 Å². The maximum absolute atomic E-state index is 13.3. The first kappa shape index (κ1) is 18.7. The summed E-state index contributed by atoms with van der Waals surface area (Å²) in [7, 11) is 1.66. The molecule has 140 valence electrons. The van der Waals surface area contributed by atoms with Gasteiger partial charge in [0.2, 0.25) is 0 Å². The van der Waals surface area contributed by atoms with Crippen molar-refractivity contribution >= 4 is 11.7 Å². The van der Waals surface area contributed by atoms with E-state index < -0.39 is 0 Å². The zero-order valence-corrected chi connectivity index (χ0v) is 15.0. The molecule has 6 heteroatoms. The topological polar surface area (TPSA) is 54.7 Å². The molecule has 2 amide bonds. The van der Waals surface area contributed by atoms with E-state index in [0.29, 0.717) is 25.4 Å². The normalized spacial score (nSPS) is 10.6. The van der Waals surface area contributed by atoms with E-state index in [0.717, 1.165) is 16.9 Å². The molecule has 0 aliphatic carbocycles. The minimum atomic E-state index is -0.316. The lowest BCUT2D eigenvalue weighted by Crippen LogP contribution is -2.30. The third-order valence-corrected chi connectivity index (χ3v) is 3.93. The molecule has 0 radical (unpaired) electrons. The van der Waals surface area contributed by atoms with Gasteiger partial charge < -0.3 is 19.4 Å². The van der Waals surface area contributed by atoms with Crippen molar-refractivity contribution in [3.8, 4) is 0 Å². The Kier molecular flexibility index (Phi) is 6.22. The number of urea groups is 1. The summed E-state index contributed by atoms with van der Waals surface area (Å²) in [6.07, 6.45) is 1.61. The highest BCUT2D eigenvalue weighted by Gasteiger charge is 2.10. The van der Waals surface area contributed by atoms with Crippen LogP contribution in [-0.4, -0.2) is 18.0 Å². The summed E-state index contributed by atoms with van der Waals surface area (Å²) in [4.78, 5) is 13.9. The third-order valence-electron chi connectivity index (χ3n) is 3.93. The Labute approximate surface area is 157 Å². The highest BCUT2D eigenvalue weighted by Crippen LogP contribution is 2.14. The second-order valence-corrected chi connectivity index (χ2v) is 6.19. The van der Waals surface area contributed by atoms with Gasteiger partial charge in [0, 0.05) is 19.3 Å². The van der Waals surface area contributed by atoms with Crippen molar-refractivity contribution < 1.29 is 18.3 Å². The Bertz CT molecular complexity index is 881. The fraction of sp³-hybridized carbons (Fsp3) is 0.190. The molecule has 0 saturated carbocycles. The number of hydrogen-bond acceptors (Lipinski definition) is 3. The van der Waals surface area contributed by atoms with E-state index in [1.165, 1.54) is 17.0 Å². The smallest absolute Gasteiger partial charge is 0.321 e. The minimum absolute atomic E-state index is 0.270. The lowest BCUT2D eigenvalue weighted by molar-refractivity contribution is 0.0930. The first-order chi connectivity index (χ1) is 13.1. The molecule has 0 spiro atoms. The summed E-state index contributed by atoms with van der Waals surface area (Å²) in [5, 5.41) is 2.84. The highest BCUT2D eigenvalue weighted by molar-refractivity contribution is 5.89. The first-order valence-corrected chi connectivity index (χ1v) is 8.56. The van der Waals surface area contributed by atoms with E-state index in [1.54, 1.807) is 25.4 Å². The lowest BCUT2D eigenvalue weighted by atomic mass is 10.2. The second-order valence-electron chi connectivity index (χ2n) is 6.19. The Morgan fingerprint density at radius 1 is 1.07 bits per heavy atom. The molecular weight excluding hydrogens is 347 g/mol. The molecule has 5 nitrogen and oxygen atoms in total. The number of carbonyl (C=O) groups is 1. The number of carbonyl (C=O) groups excluding carboxylic acids is 1. The zero-order valence-electron chi connectivity index (χ0n) is 15.0. The third kappa shape index (κ3) is 5.69. The van der Waals surface area contributed by atoms with Crippen molar-refractivity contribution in [3.05, 3.63) is 89.6 Å². The van der Waals surface area contributed by atoms with Crippen LogP contribution < -0.4 is 5.32 Å². The minimum Gasteiger partial charge on any atom is -0.467 e. The van der Waals surface area contributed by atoms with E-state index in [4.69, 9.17) is 9.15 Å². The number of nitrogens with zero attached hydrogens (tertiary/aromatic N) is 1. The molecule has 3 aromatic rings. The quantitative estimate of drug-likeness (QED) is 0.652. The van der Waals surface area contributed by atoms with E-state index in [9.17, 15) is 9.18 Å². The van der Waals surface area contributed by atoms with Crippen LogP contribution in [0.25, 0.3) is 0 Å². The van der Waals surface area contributed by atoms with E-state index in [2.05, 4.69) is 5.32 Å². The van der Waals surface area contributed by atoms with Gasteiger partial charge in [0.05, 0.1) is 12.9 Å². The SMILES string of the molecule is CN(Cc1cccc(F)c1)C(=O)Nc1cccc(COCc2ccco2)c1. The number of halogens is 1. The summed E-state index contributed by atoms with van der Waals surface area (Å²) < 4.78 is 24.1. The number of amides is 2. The van der Waals surface area contributed by atoms with Gasteiger partial charge in [0.25, 0.3) is 0 Å². The highest BCUT2D eigenvalue weighted by atomic mass is 19.1. The second kappa shape index (κ2) is 9.00. The Balaban J connectivity index is 1.52. The van der Waals surface area contributed by atoms with Crippen LogP contribution in [0.2, 0.25) is 0 Å². The number of nitrogens with one attached hydrogen (secondary N) is 1. The number of ether oxygens (including phenoxy) is 1. The molecule has 1 heterocycles. The maximum atomic E-state index is 13.3. The van der Waals surface area contributed by atoms with E-state index in [-0.39, 0.29) is 11.8 Å². The van der Waals surface area contributed by atoms with Crippen molar-refractivity contribution in [2.75, 3.05) is 12.4 Å². The molecule has 3 rings (SSSR count).